The number of benzene rings is 1. The molecule has 0 aliphatic carbocycles. The Bertz CT molecular complexity index is 860. The van der Waals surface area contributed by atoms with Crippen LogP contribution in [0.25, 0.3) is 5.76 Å². The number of aliphatic hydroxyl groups excluding tert-OH is 1. The number of likely N-dealkylation sites (tertiary alicyclic amines) is 1. The Morgan fingerprint density at radius 1 is 1.19 bits per heavy atom. The van der Waals surface area contributed by atoms with E-state index in [-0.39, 0.29) is 11.3 Å². The predicted octanol–water partition coefficient (Wildman–Crippen LogP) is 3.31. The van der Waals surface area contributed by atoms with Crippen LogP contribution in [-0.2, 0) is 9.59 Å². The van der Waals surface area contributed by atoms with Crippen molar-refractivity contribution >= 4 is 17.4 Å². The molecule has 140 valence electrons. The van der Waals surface area contributed by atoms with Gasteiger partial charge in [0.05, 0.1) is 18.4 Å². The van der Waals surface area contributed by atoms with Crippen molar-refractivity contribution in [2.24, 2.45) is 0 Å². The molecular formula is C21H22N2O4. The number of ether oxygens (including phenoxy) is 1. The number of Topliss-reactive ketones (excluding diaryl/α,β-unsaturated/α-hetero) is 1. The Balaban J connectivity index is 2.11. The van der Waals surface area contributed by atoms with Gasteiger partial charge in [0.2, 0.25) is 0 Å². The average Bonchev–Trinajstić information content (AvgIpc) is 2.97. The molecule has 1 aromatic carbocycles. The molecule has 1 aromatic heterocycles. The monoisotopic (exact) mass is 366 g/mol. The minimum Gasteiger partial charge on any atom is -0.507 e. The molecule has 0 saturated carbocycles. The number of amides is 1. The quantitative estimate of drug-likeness (QED) is 0.482. The summed E-state index contributed by atoms with van der Waals surface area (Å²) in [5.41, 5.74) is 1.08. The number of unbranched alkanes of at least 4 members (excludes halogenated alkanes) is 1. The van der Waals surface area contributed by atoms with E-state index in [9.17, 15) is 14.7 Å². The zero-order valence-corrected chi connectivity index (χ0v) is 15.4. The van der Waals surface area contributed by atoms with Gasteiger partial charge in [-0.3, -0.25) is 14.6 Å². The topological polar surface area (TPSA) is 79.7 Å². The van der Waals surface area contributed by atoms with Crippen LogP contribution in [0.5, 0.6) is 5.75 Å². The summed E-state index contributed by atoms with van der Waals surface area (Å²) in [7, 11) is 1.55. The number of rotatable bonds is 6. The Morgan fingerprint density at radius 3 is 2.52 bits per heavy atom. The van der Waals surface area contributed by atoms with E-state index in [2.05, 4.69) is 4.98 Å². The van der Waals surface area contributed by atoms with E-state index in [1.54, 1.807) is 55.8 Å². The highest BCUT2D eigenvalue weighted by Gasteiger charge is 2.46. The van der Waals surface area contributed by atoms with Crippen LogP contribution in [0.2, 0.25) is 0 Å². The molecule has 0 spiro atoms. The van der Waals surface area contributed by atoms with Gasteiger partial charge in [-0.2, -0.15) is 0 Å². The standard InChI is InChI=1S/C21H22N2O4/c1-3-4-13-23-18(16-7-5-6-12-22-16)17(20(25)21(23)26)19(24)14-8-10-15(27-2)11-9-14/h5-12,18,24H,3-4,13H2,1-2H3/b19-17-. The van der Waals surface area contributed by atoms with E-state index in [0.717, 1.165) is 12.8 Å². The summed E-state index contributed by atoms with van der Waals surface area (Å²) in [6.07, 6.45) is 3.26. The second kappa shape index (κ2) is 8.03. The van der Waals surface area contributed by atoms with Crippen LogP contribution in [-0.4, -0.2) is 40.3 Å². The van der Waals surface area contributed by atoms with Gasteiger partial charge in [-0.05, 0) is 42.8 Å². The fourth-order valence-corrected chi connectivity index (χ4v) is 3.19. The zero-order valence-electron chi connectivity index (χ0n) is 15.4. The number of methoxy groups -OCH3 is 1. The fraction of sp³-hybridized carbons (Fsp3) is 0.286. The lowest BCUT2D eigenvalue weighted by Gasteiger charge is -2.24. The van der Waals surface area contributed by atoms with E-state index < -0.39 is 17.7 Å². The normalized spacial score (nSPS) is 18.7. The van der Waals surface area contributed by atoms with Crippen molar-refractivity contribution in [2.45, 2.75) is 25.8 Å². The van der Waals surface area contributed by atoms with E-state index >= 15 is 0 Å². The zero-order chi connectivity index (χ0) is 19.4. The molecule has 1 aliphatic heterocycles. The maximum atomic E-state index is 12.7. The minimum atomic E-state index is -0.695. The smallest absolute Gasteiger partial charge is 0.295 e. The van der Waals surface area contributed by atoms with Crippen LogP contribution in [0.4, 0.5) is 0 Å². The van der Waals surface area contributed by atoms with Crippen LogP contribution in [0.15, 0.2) is 54.2 Å². The van der Waals surface area contributed by atoms with Gasteiger partial charge >= 0.3 is 0 Å². The van der Waals surface area contributed by atoms with Crippen molar-refractivity contribution in [1.82, 2.24) is 9.88 Å². The second-order valence-corrected chi connectivity index (χ2v) is 6.33. The largest absolute Gasteiger partial charge is 0.507 e. The average molecular weight is 366 g/mol. The molecule has 6 nitrogen and oxygen atoms in total. The van der Waals surface area contributed by atoms with Crippen LogP contribution < -0.4 is 4.74 Å². The van der Waals surface area contributed by atoms with Crippen molar-refractivity contribution in [3.8, 4) is 5.75 Å². The SMILES string of the molecule is CCCCN1C(=O)C(=O)/C(=C(\O)c2ccc(OC)cc2)C1c1ccccn1. The van der Waals surface area contributed by atoms with Crippen molar-refractivity contribution in [2.75, 3.05) is 13.7 Å². The fourth-order valence-electron chi connectivity index (χ4n) is 3.19. The van der Waals surface area contributed by atoms with E-state index in [1.165, 1.54) is 4.90 Å². The summed E-state index contributed by atoms with van der Waals surface area (Å²) < 4.78 is 5.13. The molecule has 2 aromatic rings. The first-order valence-corrected chi connectivity index (χ1v) is 8.92. The van der Waals surface area contributed by atoms with Crippen LogP contribution >= 0.6 is 0 Å². The summed E-state index contributed by atoms with van der Waals surface area (Å²) in [4.78, 5) is 31.2. The number of nitrogens with zero attached hydrogens (tertiary/aromatic N) is 2. The van der Waals surface area contributed by atoms with Gasteiger partial charge in [0, 0.05) is 18.3 Å². The third-order valence-corrected chi connectivity index (χ3v) is 4.62. The van der Waals surface area contributed by atoms with Crippen molar-refractivity contribution in [1.29, 1.82) is 0 Å². The summed E-state index contributed by atoms with van der Waals surface area (Å²) in [5, 5.41) is 10.9. The Morgan fingerprint density at radius 2 is 1.93 bits per heavy atom. The highest BCUT2D eigenvalue weighted by atomic mass is 16.5. The van der Waals surface area contributed by atoms with Crippen LogP contribution in [0, 0.1) is 0 Å². The highest BCUT2D eigenvalue weighted by Crippen LogP contribution is 2.38. The molecule has 0 radical (unpaired) electrons. The minimum absolute atomic E-state index is 0.0694. The van der Waals surface area contributed by atoms with Gasteiger partial charge in [-0.25, -0.2) is 0 Å². The molecule has 0 bridgehead atoms. The first-order chi connectivity index (χ1) is 13.1. The highest BCUT2D eigenvalue weighted by molar-refractivity contribution is 6.46. The number of ketones is 1. The molecule has 3 rings (SSSR count). The van der Waals surface area contributed by atoms with E-state index in [0.29, 0.717) is 23.6 Å². The molecule has 27 heavy (non-hydrogen) atoms. The first kappa shape index (κ1) is 18.6. The van der Waals surface area contributed by atoms with E-state index in [4.69, 9.17) is 4.74 Å². The van der Waals surface area contributed by atoms with Crippen LogP contribution in [0.1, 0.15) is 37.1 Å². The molecule has 1 saturated heterocycles. The second-order valence-electron chi connectivity index (χ2n) is 6.33. The number of carbonyl (C=O) groups excluding carboxylic acids is 2. The van der Waals surface area contributed by atoms with Gasteiger partial charge in [0.1, 0.15) is 17.6 Å². The van der Waals surface area contributed by atoms with Gasteiger partial charge in [-0.1, -0.05) is 19.4 Å². The van der Waals surface area contributed by atoms with Gasteiger partial charge in [0.25, 0.3) is 11.7 Å². The number of aliphatic hydroxyl groups is 1. The molecule has 1 amide bonds. The van der Waals surface area contributed by atoms with Crippen molar-refractivity contribution in [3.63, 3.8) is 0 Å². The number of hydrogen-bond donors (Lipinski definition) is 1. The van der Waals surface area contributed by atoms with Crippen LogP contribution in [0.3, 0.4) is 0 Å². The van der Waals surface area contributed by atoms with Gasteiger partial charge in [-0.15, -0.1) is 0 Å². The number of hydrogen-bond acceptors (Lipinski definition) is 5. The molecule has 1 atom stereocenters. The predicted molar refractivity (Wildman–Crippen MR) is 101 cm³/mol. The third kappa shape index (κ3) is 3.56. The van der Waals surface area contributed by atoms with Gasteiger partial charge in [0.15, 0.2) is 0 Å². The first-order valence-electron chi connectivity index (χ1n) is 8.92. The summed E-state index contributed by atoms with van der Waals surface area (Å²) in [6, 6.07) is 11.3. The molecule has 1 N–H and O–H groups in total. The summed E-state index contributed by atoms with van der Waals surface area (Å²) >= 11 is 0. The molecular weight excluding hydrogens is 344 g/mol. The number of pyridine rings is 1. The Kier molecular flexibility index (Phi) is 5.54. The number of aromatic nitrogens is 1. The molecule has 1 unspecified atom stereocenters. The molecule has 2 heterocycles. The Hall–Kier alpha value is -3.15. The molecule has 6 heteroatoms. The number of carbonyl (C=O) groups is 2. The maximum Gasteiger partial charge on any atom is 0.295 e. The van der Waals surface area contributed by atoms with Gasteiger partial charge < -0.3 is 14.7 Å². The molecule has 1 aliphatic rings. The lowest BCUT2D eigenvalue weighted by Crippen LogP contribution is -2.31. The molecule has 1 fully saturated rings. The maximum absolute atomic E-state index is 12.7. The summed E-state index contributed by atoms with van der Waals surface area (Å²) in [6.45, 7) is 2.45. The van der Waals surface area contributed by atoms with Crippen molar-refractivity contribution in [3.05, 3.63) is 65.5 Å². The van der Waals surface area contributed by atoms with Crippen molar-refractivity contribution < 1.29 is 19.4 Å². The lowest BCUT2D eigenvalue weighted by atomic mass is 9.98. The summed E-state index contributed by atoms with van der Waals surface area (Å²) in [5.74, 6) is -0.855. The Labute approximate surface area is 158 Å². The van der Waals surface area contributed by atoms with E-state index in [1.807, 2.05) is 6.92 Å². The lowest BCUT2D eigenvalue weighted by molar-refractivity contribution is -0.140. The third-order valence-electron chi connectivity index (χ3n) is 4.62.